The molecule has 12 saturated carbocycles. The number of carbonyl (C=O) groups is 3. The van der Waals surface area contributed by atoms with E-state index >= 15 is 145 Å². The largest absolute Gasteiger partial charge is 0.391 e. The number of aliphatic hydroxyl groups excluding tert-OH is 3. The van der Waals surface area contributed by atoms with Crippen LogP contribution in [0.1, 0.15) is 19.3 Å². The first-order valence-electron chi connectivity index (χ1n) is 22.9. The molecule has 12 bridgehead atoms. The zero-order valence-electron chi connectivity index (χ0n) is 40.1. The summed E-state index contributed by atoms with van der Waals surface area (Å²) in [6.45, 7) is -10.3. The smallest absolute Gasteiger partial charge is 0.340 e. The Hall–Kier alpha value is -3.96. The summed E-state index contributed by atoms with van der Waals surface area (Å²) in [5.41, 5.74) is -95.4. The van der Waals surface area contributed by atoms with Crippen molar-refractivity contribution in [2.75, 3.05) is 19.8 Å². The molecule has 48 heteroatoms. The van der Waals surface area contributed by atoms with E-state index in [4.69, 9.17) is 0 Å². The quantitative estimate of drug-likeness (QED) is 0.137. The van der Waals surface area contributed by atoms with E-state index in [2.05, 4.69) is 14.2 Å². The number of aliphatic hydroxyl groups is 3. The van der Waals surface area contributed by atoms with E-state index in [1.807, 2.05) is 0 Å². The molecule has 0 saturated heterocycles. The number of rotatable bonds is 15. The van der Waals surface area contributed by atoms with Crippen molar-refractivity contribution < 1.29 is 215 Å². The fourth-order valence-corrected chi connectivity index (χ4v) is 13.6. The Morgan fingerprint density at radius 2 is 0.386 bits per heavy atom. The summed E-state index contributed by atoms with van der Waals surface area (Å²) >= 11 is 0. The fraction of sp³-hybridized carbons (Fsp3) is 0.925. The Balaban J connectivity index is 1.08. The summed E-state index contributed by atoms with van der Waals surface area (Å²) in [5, 5.41) is 31.6. The van der Waals surface area contributed by atoms with Crippen LogP contribution in [0.4, 0.5) is 171 Å². The van der Waals surface area contributed by atoms with Gasteiger partial charge in [0.05, 0.1) is 38.1 Å². The average molecular weight is 1380 g/mol. The van der Waals surface area contributed by atoms with Crippen LogP contribution in [0.15, 0.2) is 0 Å². The molecule has 18 atom stereocenters. The van der Waals surface area contributed by atoms with Crippen LogP contribution in [0.25, 0.3) is 0 Å². The third kappa shape index (κ3) is 4.89. The number of hydrogen-bond donors (Lipinski definition) is 3. The molecular formula is C40H19F39O9. The van der Waals surface area contributed by atoms with E-state index in [9.17, 15) is 56.0 Å². The van der Waals surface area contributed by atoms with Crippen molar-refractivity contribution in [3.63, 3.8) is 0 Å². The Morgan fingerprint density at radius 1 is 0.239 bits per heavy atom. The lowest BCUT2D eigenvalue weighted by Crippen LogP contribution is -3.07. The number of ether oxygens (including phenoxy) is 3. The van der Waals surface area contributed by atoms with Crippen molar-refractivity contribution in [1.82, 2.24) is 0 Å². The van der Waals surface area contributed by atoms with E-state index in [1.54, 1.807) is 0 Å². The average Bonchev–Trinajstić information content (AvgIpc) is 0.761. The fourth-order valence-electron chi connectivity index (χ4n) is 13.6. The molecule has 88 heavy (non-hydrogen) atoms. The maximum atomic E-state index is 16.5. The minimum Gasteiger partial charge on any atom is -0.391 e. The molecule has 0 aromatic carbocycles. The monoisotopic (exact) mass is 1380 g/mol. The second-order valence-corrected chi connectivity index (χ2v) is 22.0. The van der Waals surface area contributed by atoms with Gasteiger partial charge in [-0.2, -0.15) is 105 Å². The van der Waals surface area contributed by atoms with Crippen molar-refractivity contribution in [3.8, 4) is 0 Å². The van der Waals surface area contributed by atoms with E-state index in [1.165, 1.54) is 0 Å². The minimum atomic E-state index is -8.40. The highest BCUT2D eigenvalue weighted by molar-refractivity contribution is 6.06. The second kappa shape index (κ2) is 15.8. The van der Waals surface area contributed by atoms with Crippen molar-refractivity contribution in [3.05, 3.63) is 0 Å². The van der Waals surface area contributed by atoms with E-state index in [0.717, 1.165) is 0 Å². The number of halogens is 39. The molecule has 0 aliphatic heterocycles. The molecule has 12 rings (SSSR count). The van der Waals surface area contributed by atoms with Crippen LogP contribution in [0.2, 0.25) is 0 Å². The van der Waals surface area contributed by atoms with Crippen LogP contribution < -0.4 is 0 Å². The van der Waals surface area contributed by atoms with E-state index in [0.29, 0.717) is 0 Å². The molecule has 0 spiro atoms. The van der Waals surface area contributed by atoms with Crippen molar-refractivity contribution >= 4 is 17.3 Å². The van der Waals surface area contributed by atoms with Gasteiger partial charge in [0.2, 0.25) is 17.3 Å². The first-order chi connectivity index (χ1) is 38.4. The minimum absolute atomic E-state index is 2.63. The van der Waals surface area contributed by atoms with Gasteiger partial charge in [-0.15, -0.1) is 0 Å². The highest BCUT2D eigenvalue weighted by atomic mass is 19.4. The first-order valence-corrected chi connectivity index (χ1v) is 22.9. The molecule has 0 amide bonds. The summed E-state index contributed by atoms with van der Waals surface area (Å²) in [4.78, 5) is 37.3. The summed E-state index contributed by atoms with van der Waals surface area (Å²) in [6.07, 6.45) is -19.8. The molecule has 0 aromatic rings. The van der Waals surface area contributed by atoms with E-state index in [-0.39, 0.29) is 0 Å². The summed E-state index contributed by atoms with van der Waals surface area (Å²) < 4.78 is 612. The number of Topliss-reactive ketones (excluding diaryl/α,β-unsaturated/α-hetero) is 3. The van der Waals surface area contributed by atoms with Crippen LogP contribution >= 0.6 is 0 Å². The lowest BCUT2D eigenvalue weighted by Gasteiger charge is -2.71. The number of alkyl halides is 39. The lowest BCUT2D eigenvalue weighted by atomic mass is 9.41. The standard InChI is InChI=1S/C40H19F39O9/c41-14-11(83)17(44)32(65,66)20(47,26(14,53)54)35(71,72)23(50,29(14,59)60)38(17,77)86-4-8(80)1-7(2-9(81)5-87-39(78)18(45)12(84)15(42)27(55,56)21(48,33(18,67)68)36(73,74)24(39,51)30(15,61)62)3-10(82)6-88-40(79)19(46)13(85)16(43)28(57,58)22(49,34(19,69)70)37(75,76)25(40,52)31(16,63)64/h7-10,80-82H,1-6H2. The van der Waals surface area contributed by atoms with Crippen molar-refractivity contribution in [2.24, 2.45) is 5.92 Å². The molecule has 0 heterocycles. The predicted octanol–water partition coefficient (Wildman–Crippen LogP) is 8.86. The maximum Gasteiger partial charge on any atom is 0.340 e. The summed E-state index contributed by atoms with van der Waals surface area (Å²) in [6, 6.07) is 0. The molecule has 506 valence electrons. The molecule has 12 aliphatic rings. The molecule has 0 radical (unpaired) electrons. The van der Waals surface area contributed by atoms with Crippen LogP contribution in [-0.4, -0.2) is 227 Å². The van der Waals surface area contributed by atoms with Crippen LogP contribution in [0, 0.1) is 5.92 Å². The zero-order valence-corrected chi connectivity index (χ0v) is 40.1. The molecule has 12 aliphatic carbocycles. The summed E-state index contributed by atoms with van der Waals surface area (Å²) in [7, 11) is 0. The van der Waals surface area contributed by atoms with Gasteiger partial charge < -0.3 is 29.5 Å². The lowest BCUT2D eigenvalue weighted by molar-refractivity contribution is -0.556. The topological polar surface area (TPSA) is 140 Å². The van der Waals surface area contributed by atoms with Gasteiger partial charge in [0, 0.05) is 0 Å². The number of ketones is 3. The van der Waals surface area contributed by atoms with Crippen LogP contribution in [0.5, 0.6) is 0 Å². The Kier molecular flexibility index (Phi) is 12.3. The van der Waals surface area contributed by atoms with Crippen molar-refractivity contribution in [2.45, 2.75) is 194 Å². The Morgan fingerprint density at radius 3 is 0.557 bits per heavy atom. The normalized spacial score (nSPS) is 52.2. The van der Waals surface area contributed by atoms with Gasteiger partial charge in [-0.3, -0.25) is 14.4 Å². The van der Waals surface area contributed by atoms with Crippen molar-refractivity contribution in [1.29, 1.82) is 0 Å². The molecule has 18 unspecified atom stereocenters. The number of hydrogen-bond acceptors (Lipinski definition) is 9. The number of carbonyl (C=O) groups excluding carboxylic acids is 3. The van der Waals surface area contributed by atoms with Gasteiger partial charge in [0.15, 0.2) is 0 Å². The first kappa shape index (κ1) is 68.4. The van der Waals surface area contributed by atoms with Gasteiger partial charge in [-0.05, 0) is 25.2 Å². The molecular weight excluding hydrogens is 1370 g/mol. The summed E-state index contributed by atoms with van der Waals surface area (Å²) in [5.74, 6) is -140. The van der Waals surface area contributed by atoms with Gasteiger partial charge in [-0.1, -0.05) is 0 Å². The third-order valence-corrected chi connectivity index (χ3v) is 18.2. The maximum absolute atomic E-state index is 16.5. The second-order valence-electron chi connectivity index (χ2n) is 22.0. The molecule has 0 aromatic heterocycles. The highest BCUT2D eigenvalue weighted by Crippen LogP contribution is 2.89. The Labute approximate surface area is 453 Å². The molecule has 12 fully saturated rings. The van der Waals surface area contributed by atoms with Gasteiger partial charge in [0.25, 0.3) is 17.0 Å². The van der Waals surface area contributed by atoms with Gasteiger partial charge >= 0.3 is 140 Å². The Bertz CT molecular complexity index is 2810. The van der Waals surface area contributed by atoms with E-state index < -0.39 is 237 Å². The predicted molar refractivity (Wildman–Crippen MR) is 185 cm³/mol. The van der Waals surface area contributed by atoms with Crippen LogP contribution in [-0.2, 0) is 28.6 Å². The van der Waals surface area contributed by atoms with Crippen LogP contribution in [0.3, 0.4) is 0 Å². The zero-order chi connectivity index (χ0) is 68.9. The SMILES string of the molecule is O=C1C2(F)C(F)(F)C3(F)C(F)(F)C1(F)C(F)(OCC(O)CC(CC(O)COC1(F)C4(F)C(=O)C5(F)C(F)(F)C(F)(C4(F)F)C(F)(F)C1(F)C5(F)F)CC(O)COC1(F)C4(F)C(=O)C5(F)C(F)(F)C(F)(C4(F)F)C(F)(F)C1(F)C5(F)F)C(F)(C2(F)F)C3(F)F. The third-order valence-electron chi connectivity index (χ3n) is 18.2. The van der Waals surface area contributed by atoms with Gasteiger partial charge in [-0.25, -0.2) is 65.9 Å². The molecule has 9 nitrogen and oxygen atoms in total. The van der Waals surface area contributed by atoms with Gasteiger partial charge in [0.1, 0.15) is 0 Å². The molecule has 3 N–H and O–H groups in total. The highest BCUT2D eigenvalue weighted by Gasteiger charge is 3.23.